The summed E-state index contributed by atoms with van der Waals surface area (Å²) in [5, 5.41) is 3.11. The first kappa shape index (κ1) is 32.9. The Labute approximate surface area is 256 Å². The number of alkyl halides is 3. The molecule has 1 heterocycles. The number of unbranched alkanes of at least 4 members (excludes halogenated alkanes) is 1. The van der Waals surface area contributed by atoms with Gasteiger partial charge in [0.15, 0.2) is 0 Å². The third kappa shape index (κ3) is 10.6. The van der Waals surface area contributed by atoms with Crippen LogP contribution in [-0.4, -0.2) is 57.6 Å². The van der Waals surface area contributed by atoms with Gasteiger partial charge in [-0.15, -0.1) is 13.2 Å². The van der Waals surface area contributed by atoms with Crippen molar-refractivity contribution in [3.63, 3.8) is 0 Å². The summed E-state index contributed by atoms with van der Waals surface area (Å²) < 4.78 is 72.5. The highest BCUT2D eigenvalue weighted by molar-refractivity contribution is 7.92. The van der Waals surface area contributed by atoms with Crippen LogP contribution in [0.2, 0.25) is 0 Å². The number of hydrogen-bond acceptors (Lipinski definition) is 6. The Balaban J connectivity index is 1.25. The molecule has 3 aromatic rings. The first-order chi connectivity index (χ1) is 20.9. The lowest BCUT2D eigenvalue weighted by Gasteiger charge is -2.34. The molecule has 0 radical (unpaired) electrons. The highest BCUT2D eigenvalue weighted by Crippen LogP contribution is 2.27. The molecule has 0 aliphatic carbocycles. The normalized spacial score (nSPS) is 14.6. The number of anilines is 2. The first-order valence-corrected chi connectivity index (χ1v) is 16.3. The van der Waals surface area contributed by atoms with Gasteiger partial charge in [0.25, 0.3) is 0 Å². The number of nitrogens with zero attached hydrogens (tertiary/aromatic N) is 2. The summed E-state index contributed by atoms with van der Waals surface area (Å²) in [6.45, 7) is 4.81. The van der Waals surface area contributed by atoms with Crippen LogP contribution in [0.15, 0.2) is 72.8 Å². The fourth-order valence-electron chi connectivity index (χ4n) is 4.84. The molecule has 0 unspecified atom stereocenters. The molecule has 2 N–H and O–H groups in total. The number of hydrogen-bond donors (Lipinski definition) is 2. The molecule has 0 bridgehead atoms. The third-order valence-electron chi connectivity index (χ3n) is 7.00. The van der Waals surface area contributed by atoms with Gasteiger partial charge < -0.3 is 14.8 Å². The van der Waals surface area contributed by atoms with Gasteiger partial charge >= 0.3 is 12.4 Å². The maximum Gasteiger partial charge on any atom is 0.573 e. The topological polar surface area (TPSA) is 100 Å². The molecule has 9 nitrogen and oxygen atoms in total. The molecule has 1 aliphatic rings. The highest BCUT2D eigenvalue weighted by Gasteiger charge is 2.31. The zero-order valence-electron chi connectivity index (χ0n) is 24.6. The molecule has 13 heteroatoms. The van der Waals surface area contributed by atoms with Crippen LogP contribution in [0.4, 0.5) is 29.3 Å². The Hall–Kier alpha value is -3.97. The molecule has 0 aromatic heterocycles. The quantitative estimate of drug-likeness (QED) is 0.229. The van der Waals surface area contributed by atoms with Gasteiger partial charge in [-0.3, -0.25) is 14.5 Å². The van der Waals surface area contributed by atoms with E-state index in [0.717, 1.165) is 57.1 Å². The van der Waals surface area contributed by atoms with Crippen molar-refractivity contribution in [2.75, 3.05) is 35.5 Å². The van der Waals surface area contributed by atoms with Crippen LogP contribution in [0.25, 0.3) is 0 Å². The van der Waals surface area contributed by atoms with Crippen molar-refractivity contribution >= 4 is 27.4 Å². The lowest BCUT2D eigenvalue weighted by molar-refractivity contribution is -0.274. The number of benzene rings is 3. The molecule has 1 saturated heterocycles. The number of piperidine rings is 1. The van der Waals surface area contributed by atoms with Crippen molar-refractivity contribution in [2.24, 2.45) is 0 Å². The molecular weight excluding hydrogens is 597 g/mol. The molecule has 3 aromatic carbocycles. The summed E-state index contributed by atoms with van der Waals surface area (Å²) in [4.78, 5) is 17.1. The molecule has 44 heavy (non-hydrogen) atoms. The summed E-state index contributed by atoms with van der Waals surface area (Å²) in [5.41, 5.74) is 2.09. The summed E-state index contributed by atoms with van der Waals surface area (Å²) in [6.07, 6.45) is -0.510. The second-order valence-corrected chi connectivity index (χ2v) is 12.4. The van der Waals surface area contributed by atoms with Gasteiger partial charge in [0, 0.05) is 43.6 Å². The molecule has 0 saturated carbocycles. The molecule has 0 spiro atoms. The summed E-state index contributed by atoms with van der Waals surface area (Å²) in [6, 6.07) is 19.5. The summed E-state index contributed by atoms with van der Waals surface area (Å²) in [7, 11) is -3.34. The number of amides is 2. The maximum atomic E-state index is 13.2. The minimum Gasteiger partial charge on any atom is -0.457 e. The SMILES string of the molecule is CCCCN(C(=O)NC1CCN(Cc2ccc(Oc3ccc(NS(C)(=O)=O)cc3)cc2)CC1)c1ccc(OC(F)(F)F)cc1. The average Bonchev–Trinajstić information content (AvgIpc) is 2.96. The van der Waals surface area contributed by atoms with Gasteiger partial charge in [0.05, 0.1) is 6.26 Å². The zero-order chi connectivity index (χ0) is 31.7. The minimum absolute atomic E-state index is 0.00879. The number of halogens is 3. The predicted molar refractivity (Wildman–Crippen MR) is 164 cm³/mol. The first-order valence-electron chi connectivity index (χ1n) is 14.4. The number of nitrogens with one attached hydrogen (secondary N) is 2. The van der Waals surface area contributed by atoms with Crippen molar-refractivity contribution < 1.29 is 35.9 Å². The van der Waals surface area contributed by atoms with Crippen molar-refractivity contribution in [3.05, 3.63) is 78.4 Å². The van der Waals surface area contributed by atoms with Gasteiger partial charge in [-0.1, -0.05) is 25.5 Å². The van der Waals surface area contributed by atoms with E-state index < -0.39 is 16.4 Å². The van der Waals surface area contributed by atoms with Crippen molar-refractivity contribution in [3.8, 4) is 17.2 Å². The fourth-order valence-corrected chi connectivity index (χ4v) is 5.41. The van der Waals surface area contributed by atoms with Gasteiger partial charge in [0.2, 0.25) is 10.0 Å². The molecule has 4 rings (SSSR count). The molecular formula is C31H37F3N4O5S. The Bertz CT molecular complexity index is 1460. The monoisotopic (exact) mass is 634 g/mol. The van der Waals surface area contributed by atoms with E-state index in [2.05, 4.69) is 19.7 Å². The van der Waals surface area contributed by atoms with E-state index in [0.29, 0.717) is 29.4 Å². The van der Waals surface area contributed by atoms with E-state index in [1.807, 2.05) is 31.2 Å². The van der Waals surface area contributed by atoms with E-state index in [9.17, 15) is 26.4 Å². The molecule has 1 fully saturated rings. The Kier molecular flexibility index (Phi) is 11.0. The van der Waals surface area contributed by atoms with E-state index in [-0.39, 0.29) is 17.8 Å². The number of carbonyl (C=O) groups excluding carboxylic acids is 1. The highest BCUT2D eigenvalue weighted by atomic mass is 32.2. The van der Waals surface area contributed by atoms with Crippen LogP contribution in [0.1, 0.15) is 38.2 Å². The number of urea groups is 1. The number of sulfonamides is 1. The predicted octanol–water partition coefficient (Wildman–Crippen LogP) is 6.73. The fraction of sp³-hybridized carbons (Fsp3) is 0.387. The number of ether oxygens (including phenoxy) is 2. The zero-order valence-corrected chi connectivity index (χ0v) is 25.5. The minimum atomic E-state index is -4.77. The average molecular weight is 635 g/mol. The Morgan fingerprint density at radius 1 is 0.932 bits per heavy atom. The second-order valence-electron chi connectivity index (χ2n) is 10.7. The van der Waals surface area contributed by atoms with Crippen molar-refractivity contribution in [1.82, 2.24) is 10.2 Å². The van der Waals surface area contributed by atoms with Gasteiger partial charge in [-0.25, -0.2) is 13.2 Å². The number of likely N-dealkylation sites (tertiary alicyclic amines) is 1. The van der Waals surface area contributed by atoms with Gasteiger partial charge in [-0.2, -0.15) is 0 Å². The van der Waals surface area contributed by atoms with Crippen LogP contribution >= 0.6 is 0 Å². The second kappa shape index (κ2) is 14.7. The van der Waals surface area contributed by atoms with Crippen LogP contribution in [0, 0.1) is 0 Å². The Morgan fingerprint density at radius 3 is 2.05 bits per heavy atom. The molecule has 1 aliphatic heterocycles. The van der Waals surface area contributed by atoms with Crippen LogP contribution in [0.5, 0.6) is 17.2 Å². The molecule has 0 atom stereocenters. The van der Waals surface area contributed by atoms with Crippen molar-refractivity contribution in [2.45, 2.75) is 51.6 Å². The van der Waals surface area contributed by atoms with Crippen LogP contribution in [-0.2, 0) is 16.6 Å². The van der Waals surface area contributed by atoms with Crippen LogP contribution in [0.3, 0.4) is 0 Å². The van der Waals surface area contributed by atoms with Gasteiger partial charge in [0.1, 0.15) is 17.2 Å². The smallest absolute Gasteiger partial charge is 0.457 e. The lowest BCUT2D eigenvalue weighted by Crippen LogP contribution is -2.49. The van der Waals surface area contributed by atoms with E-state index in [4.69, 9.17) is 4.74 Å². The van der Waals surface area contributed by atoms with E-state index in [1.54, 1.807) is 29.2 Å². The van der Waals surface area contributed by atoms with E-state index in [1.165, 1.54) is 24.3 Å². The number of rotatable bonds is 12. The number of carbonyl (C=O) groups is 1. The molecule has 238 valence electrons. The van der Waals surface area contributed by atoms with Crippen LogP contribution < -0.4 is 24.4 Å². The van der Waals surface area contributed by atoms with Crippen molar-refractivity contribution in [1.29, 1.82) is 0 Å². The Morgan fingerprint density at radius 2 is 1.50 bits per heavy atom. The van der Waals surface area contributed by atoms with E-state index >= 15 is 0 Å². The largest absolute Gasteiger partial charge is 0.573 e. The standard InChI is InChI=1S/C31H37F3N4O5S/c1-3-4-19-38(26-9-15-29(16-10-26)43-31(32,33)34)30(39)35-24-17-20-37(21-18-24)22-23-5-11-27(12-6-23)42-28-13-7-25(8-14-28)36-44(2,40)41/h5-16,24,36H,3-4,17-22H2,1-2H3,(H,35,39). The maximum absolute atomic E-state index is 13.2. The third-order valence-corrected chi connectivity index (χ3v) is 7.61. The lowest BCUT2D eigenvalue weighted by atomic mass is 10.0. The van der Waals surface area contributed by atoms with Gasteiger partial charge in [-0.05, 0) is 85.5 Å². The summed E-state index contributed by atoms with van der Waals surface area (Å²) >= 11 is 0. The molecule has 2 amide bonds. The summed E-state index contributed by atoms with van der Waals surface area (Å²) in [5.74, 6) is 0.915.